The zero-order chi connectivity index (χ0) is 15.6. The van der Waals surface area contributed by atoms with E-state index in [1.54, 1.807) is 6.92 Å². The lowest BCUT2D eigenvalue weighted by molar-refractivity contribution is 0.0952. The quantitative estimate of drug-likeness (QED) is 0.631. The maximum absolute atomic E-state index is 12.1. The van der Waals surface area contributed by atoms with Crippen molar-refractivity contribution < 1.29 is 13.2 Å². The van der Waals surface area contributed by atoms with Gasteiger partial charge in [-0.05, 0) is 43.4 Å². The van der Waals surface area contributed by atoms with Crippen LogP contribution in [0.1, 0.15) is 41.6 Å². The van der Waals surface area contributed by atoms with Crippen molar-refractivity contribution in [3.63, 3.8) is 0 Å². The topological polar surface area (TPSA) is 63.2 Å². The Balaban J connectivity index is 2.09. The summed E-state index contributed by atoms with van der Waals surface area (Å²) in [6.45, 7) is 2.25. The van der Waals surface area contributed by atoms with Crippen molar-refractivity contribution in [2.24, 2.45) is 5.92 Å². The molecule has 1 aliphatic carbocycles. The highest BCUT2D eigenvalue weighted by atomic mass is 35.7. The van der Waals surface area contributed by atoms with Crippen molar-refractivity contribution in [1.29, 1.82) is 0 Å². The first kappa shape index (κ1) is 16.6. The van der Waals surface area contributed by atoms with E-state index in [2.05, 4.69) is 5.32 Å². The van der Waals surface area contributed by atoms with Crippen molar-refractivity contribution in [2.75, 3.05) is 6.54 Å². The van der Waals surface area contributed by atoms with E-state index in [1.165, 1.54) is 25.0 Å². The van der Waals surface area contributed by atoms with Gasteiger partial charge in [-0.3, -0.25) is 4.79 Å². The summed E-state index contributed by atoms with van der Waals surface area (Å²) in [5.74, 6) is 0.496. The molecule has 1 fully saturated rings. The van der Waals surface area contributed by atoms with Crippen molar-refractivity contribution >= 4 is 37.2 Å². The summed E-state index contributed by atoms with van der Waals surface area (Å²) in [6.07, 6.45) is 4.63. The van der Waals surface area contributed by atoms with E-state index in [0.29, 0.717) is 12.1 Å². The predicted octanol–water partition coefficient (Wildman–Crippen LogP) is 3.50. The zero-order valence-corrected chi connectivity index (χ0v) is 14.0. The molecular formula is C14H17Cl2NO3S. The molecule has 0 aromatic heterocycles. The fraction of sp³-hybridized carbons (Fsp3) is 0.500. The van der Waals surface area contributed by atoms with E-state index in [9.17, 15) is 13.2 Å². The molecule has 0 heterocycles. The lowest BCUT2D eigenvalue weighted by Crippen LogP contribution is -2.25. The van der Waals surface area contributed by atoms with Gasteiger partial charge in [0.25, 0.3) is 15.0 Å². The highest BCUT2D eigenvalue weighted by molar-refractivity contribution is 8.13. The SMILES string of the molecule is Cc1c(Cl)cc(S(=O)(=O)Cl)cc1C(=O)NCCCC1CC1. The van der Waals surface area contributed by atoms with Crippen LogP contribution in [0.2, 0.25) is 5.02 Å². The average Bonchev–Trinajstić information content (AvgIpc) is 3.20. The van der Waals surface area contributed by atoms with E-state index < -0.39 is 9.05 Å². The molecule has 0 unspecified atom stereocenters. The average molecular weight is 350 g/mol. The maximum atomic E-state index is 12.1. The van der Waals surface area contributed by atoms with Gasteiger partial charge in [-0.2, -0.15) is 0 Å². The lowest BCUT2D eigenvalue weighted by Gasteiger charge is -2.10. The molecule has 1 amide bonds. The Labute approximate surface area is 134 Å². The normalized spacial score (nSPS) is 15.0. The molecule has 0 spiro atoms. The van der Waals surface area contributed by atoms with Gasteiger partial charge in [0, 0.05) is 27.8 Å². The van der Waals surface area contributed by atoms with Crippen LogP contribution in [0.3, 0.4) is 0 Å². The van der Waals surface area contributed by atoms with Gasteiger partial charge in [-0.15, -0.1) is 0 Å². The van der Waals surface area contributed by atoms with Gasteiger partial charge >= 0.3 is 0 Å². The monoisotopic (exact) mass is 349 g/mol. The lowest BCUT2D eigenvalue weighted by atomic mass is 10.1. The number of carbonyl (C=O) groups excluding carboxylic acids is 1. The molecule has 7 heteroatoms. The summed E-state index contributed by atoms with van der Waals surface area (Å²) >= 11 is 5.98. The summed E-state index contributed by atoms with van der Waals surface area (Å²) in [5, 5.41) is 3.00. The Morgan fingerprint density at radius 1 is 1.38 bits per heavy atom. The van der Waals surface area contributed by atoms with Crippen LogP contribution >= 0.6 is 22.3 Å². The molecule has 1 aromatic carbocycles. The van der Waals surface area contributed by atoms with Gasteiger partial charge in [-0.1, -0.05) is 24.4 Å². The summed E-state index contributed by atoms with van der Waals surface area (Å²) in [5.41, 5.74) is 0.786. The zero-order valence-electron chi connectivity index (χ0n) is 11.7. The molecule has 1 aliphatic rings. The molecule has 1 saturated carbocycles. The van der Waals surface area contributed by atoms with Gasteiger partial charge in [0.1, 0.15) is 0 Å². The molecule has 1 N–H and O–H groups in total. The van der Waals surface area contributed by atoms with Gasteiger partial charge in [-0.25, -0.2) is 8.42 Å². The van der Waals surface area contributed by atoms with Crippen molar-refractivity contribution in [1.82, 2.24) is 5.32 Å². The molecule has 2 rings (SSSR count). The predicted molar refractivity (Wildman–Crippen MR) is 83.5 cm³/mol. The maximum Gasteiger partial charge on any atom is 0.261 e. The van der Waals surface area contributed by atoms with E-state index in [1.807, 2.05) is 0 Å². The summed E-state index contributed by atoms with van der Waals surface area (Å²) in [7, 11) is 1.39. The van der Waals surface area contributed by atoms with Gasteiger partial charge < -0.3 is 5.32 Å². The third-order valence-electron chi connectivity index (χ3n) is 3.62. The van der Waals surface area contributed by atoms with Crippen LogP contribution in [-0.4, -0.2) is 20.9 Å². The second-order valence-corrected chi connectivity index (χ2v) is 8.33. The number of hydrogen-bond donors (Lipinski definition) is 1. The molecular weight excluding hydrogens is 333 g/mol. The molecule has 0 aliphatic heterocycles. The van der Waals surface area contributed by atoms with Crippen LogP contribution in [0.25, 0.3) is 0 Å². The fourth-order valence-corrected chi connectivity index (χ4v) is 3.19. The Morgan fingerprint density at radius 3 is 2.62 bits per heavy atom. The Kier molecular flexibility index (Phi) is 5.17. The Morgan fingerprint density at radius 2 is 2.05 bits per heavy atom. The molecule has 116 valence electrons. The number of carbonyl (C=O) groups is 1. The van der Waals surface area contributed by atoms with Gasteiger partial charge in [0.2, 0.25) is 0 Å². The molecule has 21 heavy (non-hydrogen) atoms. The van der Waals surface area contributed by atoms with Crippen LogP contribution in [0.5, 0.6) is 0 Å². The third-order valence-corrected chi connectivity index (χ3v) is 5.34. The van der Waals surface area contributed by atoms with Crippen LogP contribution < -0.4 is 5.32 Å². The number of amides is 1. The van der Waals surface area contributed by atoms with Crippen molar-refractivity contribution in [3.05, 3.63) is 28.3 Å². The van der Waals surface area contributed by atoms with Gasteiger partial charge in [0.05, 0.1) is 4.90 Å². The van der Waals surface area contributed by atoms with Crippen LogP contribution in [0.15, 0.2) is 17.0 Å². The second-order valence-electron chi connectivity index (χ2n) is 5.36. The second kappa shape index (κ2) is 6.55. The van der Waals surface area contributed by atoms with E-state index >= 15 is 0 Å². The molecule has 0 saturated heterocycles. The van der Waals surface area contributed by atoms with Crippen molar-refractivity contribution in [3.8, 4) is 0 Å². The Hall–Kier alpha value is -0.780. The van der Waals surface area contributed by atoms with Crippen LogP contribution in [-0.2, 0) is 9.05 Å². The Bertz CT molecular complexity index is 654. The van der Waals surface area contributed by atoms with E-state index in [4.69, 9.17) is 22.3 Å². The van der Waals surface area contributed by atoms with E-state index in [0.717, 1.165) is 18.8 Å². The molecule has 4 nitrogen and oxygen atoms in total. The number of nitrogens with one attached hydrogen (secondary N) is 1. The van der Waals surface area contributed by atoms with Gasteiger partial charge in [0.15, 0.2) is 0 Å². The first-order valence-electron chi connectivity index (χ1n) is 6.82. The molecule has 0 bridgehead atoms. The molecule has 1 aromatic rings. The van der Waals surface area contributed by atoms with Crippen LogP contribution in [0, 0.1) is 12.8 Å². The standard InChI is InChI=1S/C14H17Cl2NO3S/c1-9-12(7-11(8-13(9)15)21(16,19)20)14(18)17-6-2-3-10-4-5-10/h7-8,10H,2-6H2,1H3,(H,17,18). The summed E-state index contributed by atoms with van der Waals surface area (Å²) < 4.78 is 22.8. The number of hydrogen-bond acceptors (Lipinski definition) is 3. The fourth-order valence-electron chi connectivity index (χ4n) is 2.13. The first-order chi connectivity index (χ1) is 9.79. The number of halogens is 2. The van der Waals surface area contributed by atoms with Crippen LogP contribution in [0.4, 0.5) is 0 Å². The molecule has 0 radical (unpaired) electrons. The smallest absolute Gasteiger partial charge is 0.261 e. The summed E-state index contributed by atoms with van der Waals surface area (Å²) in [4.78, 5) is 12.0. The minimum absolute atomic E-state index is 0.164. The third kappa shape index (κ3) is 4.59. The van der Waals surface area contributed by atoms with Crippen molar-refractivity contribution in [2.45, 2.75) is 37.5 Å². The minimum Gasteiger partial charge on any atom is -0.352 e. The number of benzene rings is 1. The van der Waals surface area contributed by atoms with E-state index in [-0.39, 0.29) is 21.4 Å². The molecule has 0 atom stereocenters. The highest BCUT2D eigenvalue weighted by Crippen LogP contribution is 2.33. The number of rotatable bonds is 6. The largest absolute Gasteiger partial charge is 0.352 e. The first-order valence-corrected chi connectivity index (χ1v) is 9.51. The highest BCUT2D eigenvalue weighted by Gasteiger charge is 2.21. The summed E-state index contributed by atoms with van der Waals surface area (Å²) in [6, 6.07) is 2.52. The minimum atomic E-state index is -3.92.